The van der Waals surface area contributed by atoms with Crippen molar-refractivity contribution in [2.45, 2.75) is 18.2 Å². The maximum Gasteiger partial charge on any atom is 0.166 e. The zero-order chi connectivity index (χ0) is 9.10. The average molecular weight is 198 g/mol. The predicted molar refractivity (Wildman–Crippen MR) is 54.3 cm³/mol. The van der Waals surface area contributed by atoms with Gasteiger partial charge in [-0.25, -0.2) is 0 Å². The zero-order valence-electron chi connectivity index (χ0n) is 7.45. The number of rotatable bonds is 2. The number of aldehydes is 1. The third-order valence-electron chi connectivity index (χ3n) is 2.59. The van der Waals surface area contributed by atoms with Crippen LogP contribution in [0, 0.1) is 5.92 Å². The second kappa shape index (κ2) is 4.15. The van der Waals surface area contributed by atoms with Gasteiger partial charge in [0.2, 0.25) is 0 Å². The number of thioether (sulfide) groups is 1. The molecule has 4 heteroatoms. The molecule has 0 bridgehead atoms. The lowest BCUT2D eigenvalue weighted by atomic mass is 9.98. The number of hydrogen-bond donors (Lipinski definition) is 2. The number of carbonyl (C=O) groups excluding carboxylic acids is 1. The first-order valence-electron chi connectivity index (χ1n) is 4.68. The summed E-state index contributed by atoms with van der Waals surface area (Å²) in [5, 5.41) is 8.94. The summed E-state index contributed by atoms with van der Waals surface area (Å²) in [6, 6.07) is 0. The molecule has 0 aliphatic carbocycles. The molecule has 0 spiro atoms. The maximum atomic E-state index is 10.5. The molecule has 2 N–H and O–H groups in total. The van der Waals surface area contributed by atoms with E-state index in [0.29, 0.717) is 11.3 Å². The van der Waals surface area contributed by atoms with Gasteiger partial charge < -0.3 is 10.6 Å². The molecule has 1 atom stereocenters. The van der Waals surface area contributed by atoms with E-state index in [0.717, 1.165) is 25.1 Å². The molecule has 2 heterocycles. The topological polar surface area (TPSA) is 41.1 Å². The first-order chi connectivity index (χ1) is 6.40. The van der Waals surface area contributed by atoms with E-state index in [1.54, 1.807) is 11.8 Å². The van der Waals surface area contributed by atoms with Crippen LogP contribution < -0.4 is 10.6 Å². The molecule has 3 nitrogen and oxygen atoms in total. The second-order valence-corrected chi connectivity index (χ2v) is 4.50. The third-order valence-corrected chi connectivity index (χ3v) is 3.78. The third kappa shape index (κ3) is 2.06. The summed E-state index contributed by atoms with van der Waals surface area (Å²) in [6.45, 7) is 2.22. The van der Waals surface area contributed by atoms with Gasteiger partial charge in [0.15, 0.2) is 6.29 Å². The van der Waals surface area contributed by atoms with Gasteiger partial charge in [-0.15, -0.1) is 11.8 Å². The Hall–Kier alpha value is -0.480. The summed E-state index contributed by atoms with van der Waals surface area (Å²) in [5.41, 5.74) is 0.744. The fourth-order valence-corrected chi connectivity index (χ4v) is 2.93. The molecule has 0 saturated carbocycles. The van der Waals surface area contributed by atoms with E-state index in [-0.39, 0.29) is 0 Å². The lowest BCUT2D eigenvalue weighted by Crippen LogP contribution is -2.37. The molecule has 1 fully saturated rings. The summed E-state index contributed by atoms with van der Waals surface area (Å²) in [6.07, 6.45) is 3.32. The fraction of sp³-hybridized carbons (Fsp3) is 0.667. The minimum atomic E-state index is 0.433. The SMILES string of the molecule is O=CC1=CSC(C2CCNCC2)N1. The van der Waals surface area contributed by atoms with Gasteiger partial charge in [0, 0.05) is 0 Å². The van der Waals surface area contributed by atoms with E-state index in [9.17, 15) is 4.79 Å². The molecule has 2 aliphatic heterocycles. The molecular weight excluding hydrogens is 184 g/mol. The highest BCUT2D eigenvalue weighted by molar-refractivity contribution is 8.03. The van der Waals surface area contributed by atoms with Gasteiger partial charge in [-0.05, 0) is 37.3 Å². The minimum absolute atomic E-state index is 0.433. The molecular formula is C9H14N2OS. The summed E-state index contributed by atoms with van der Waals surface area (Å²) in [5.74, 6) is 0.708. The Bertz CT molecular complexity index is 224. The van der Waals surface area contributed by atoms with E-state index in [1.807, 2.05) is 5.41 Å². The van der Waals surface area contributed by atoms with Crippen LogP contribution >= 0.6 is 11.8 Å². The number of piperidine rings is 1. The summed E-state index contributed by atoms with van der Waals surface area (Å²) in [4.78, 5) is 10.5. The molecule has 0 amide bonds. The van der Waals surface area contributed by atoms with Crippen molar-refractivity contribution in [2.24, 2.45) is 5.92 Å². The molecule has 1 saturated heterocycles. The molecule has 72 valence electrons. The molecule has 2 aliphatic rings. The number of allylic oxidation sites excluding steroid dienone is 1. The van der Waals surface area contributed by atoms with E-state index in [4.69, 9.17) is 0 Å². The van der Waals surface area contributed by atoms with Crippen LogP contribution in [0.3, 0.4) is 0 Å². The van der Waals surface area contributed by atoms with Crippen LogP contribution in [0.1, 0.15) is 12.8 Å². The number of hydrogen-bond acceptors (Lipinski definition) is 4. The van der Waals surface area contributed by atoms with Gasteiger partial charge >= 0.3 is 0 Å². The van der Waals surface area contributed by atoms with Crippen molar-refractivity contribution < 1.29 is 4.79 Å². The number of nitrogens with one attached hydrogen (secondary N) is 2. The molecule has 1 unspecified atom stereocenters. The Balaban J connectivity index is 1.86. The van der Waals surface area contributed by atoms with Crippen LogP contribution in [0.25, 0.3) is 0 Å². The van der Waals surface area contributed by atoms with Crippen molar-refractivity contribution in [1.29, 1.82) is 0 Å². The summed E-state index contributed by atoms with van der Waals surface area (Å²) < 4.78 is 0. The van der Waals surface area contributed by atoms with E-state index in [1.165, 1.54) is 12.8 Å². The number of carbonyl (C=O) groups is 1. The van der Waals surface area contributed by atoms with Gasteiger partial charge in [-0.3, -0.25) is 4.79 Å². The highest BCUT2D eigenvalue weighted by Gasteiger charge is 2.26. The standard InChI is InChI=1S/C9H14N2OS/c12-5-8-6-13-9(11-8)7-1-3-10-4-2-7/h5-7,9-11H,1-4H2. The van der Waals surface area contributed by atoms with Gasteiger partial charge in [0.1, 0.15) is 0 Å². The van der Waals surface area contributed by atoms with Crippen LogP contribution in [-0.2, 0) is 4.79 Å². The molecule has 2 rings (SSSR count). The quantitative estimate of drug-likeness (QED) is 0.641. The van der Waals surface area contributed by atoms with E-state index in [2.05, 4.69) is 10.6 Å². The normalized spacial score (nSPS) is 29.5. The van der Waals surface area contributed by atoms with Crippen molar-refractivity contribution in [1.82, 2.24) is 10.6 Å². The summed E-state index contributed by atoms with van der Waals surface area (Å²) in [7, 11) is 0. The van der Waals surface area contributed by atoms with Crippen molar-refractivity contribution in [3.63, 3.8) is 0 Å². The predicted octanol–water partition coefficient (Wildman–Crippen LogP) is 0.689. The smallest absolute Gasteiger partial charge is 0.166 e. The van der Waals surface area contributed by atoms with Crippen LogP contribution in [0.2, 0.25) is 0 Å². The molecule has 0 aromatic rings. The van der Waals surface area contributed by atoms with Crippen molar-refractivity contribution in [3.8, 4) is 0 Å². The van der Waals surface area contributed by atoms with E-state index < -0.39 is 0 Å². The zero-order valence-corrected chi connectivity index (χ0v) is 8.27. The molecule has 0 aromatic heterocycles. The summed E-state index contributed by atoms with van der Waals surface area (Å²) >= 11 is 1.75. The van der Waals surface area contributed by atoms with Gasteiger partial charge in [-0.1, -0.05) is 0 Å². The Morgan fingerprint density at radius 2 is 2.23 bits per heavy atom. The van der Waals surface area contributed by atoms with Crippen LogP contribution in [0.5, 0.6) is 0 Å². The lowest BCUT2D eigenvalue weighted by Gasteiger charge is -2.27. The van der Waals surface area contributed by atoms with Crippen LogP contribution in [0.4, 0.5) is 0 Å². The second-order valence-electron chi connectivity index (χ2n) is 3.48. The monoisotopic (exact) mass is 198 g/mol. The lowest BCUT2D eigenvalue weighted by molar-refractivity contribution is -0.105. The highest BCUT2D eigenvalue weighted by atomic mass is 32.2. The average Bonchev–Trinajstić information content (AvgIpc) is 2.67. The first kappa shape index (κ1) is 9.09. The maximum absolute atomic E-state index is 10.5. The van der Waals surface area contributed by atoms with Gasteiger partial charge in [0.25, 0.3) is 0 Å². The molecule has 0 aromatic carbocycles. The van der Waals surface area contributed by atoms with Crippen molar-refractivity contribution in [3.05, 3.63) is 11.1 Å². The molecule has 13 heavy (non-hydrogen) atoms. The highest BCUT2D eigenvalue weighted by Crippen LogP contribution is 2.30. The van der Waals surface area contributed by atoms with Crippen LogP contribution in [-0.4, -0.2) is 24.7 Å². The Kier molecular flexibility index (Phi) is 2.90. The molecule has 0 radical (unpaired) electrons. The van der Waals surface area contributed by atoms with Crippen molar-refractivity contribution >= 4 is 18.0 Å². The first-order valence-corrected chi connectivity index (χ1v) is 5.62. The Morgan fingerprint density at radius 1 is 1.46 bits per heavy atom. The van der Waals surface area contributed by atoms with Gasteiger partial charge in [0.05, 0.1) is 11.1 Å². The Labute approximate surface area is 82.3 Å². The van der Waals surface area contributed by atoms with Crippen molar-refractivity contribution in [2.75, 3.05) is 13.1 Å². The van der Waals surface area contributed by atoms with Gasteiger partial charge in [-0.2, -0.15) is 0 Å². The largest absolute Gasteiger partial charge is 0.370 e. The van der Waals surface area contributed by atoms with Crippen LogP contribution in [0.15, 0.2) is 11.1 Å². The Morgan fingerprint density at radius 3 is 2.85 bits per heavy atom. The van der Waals surface area contributed by atoms with E-state index >= 15 is 0 Å². The minimum Gasteiger partial charge on any atom is -0.370 e. The fourth-order valence-electron chi connectivity index (χ4n) is 1.82.